The second kappa shape index (κ2) is 8.80. The summed E-state index contributed by atoms with van der Waals surface area (Å²) in [6, 6.07) is 4.03. The molecule has 0 fully saturated rings. The van der Waals surface area contributed by atoms with Crippen molar-refractivity contribution < 1.29 is 13.5 Å². The average Bonchev–Trinajstić information content (AvgIpc) is 2.58. The molecular formula is C21H24F2O. The number of halogens is 2. The second-order valence-electron chi connectivity index (χ2n) is 6.00. The molecule has 128 valence electrons. The predicted octanol–water partition coefficient (Wildman–Crippen LogP) is 5.56. The Labute approximate surface area is 143 Å². The summed E-state index contributed by atoms with van der Waals surface area (Å²) in [5.74, 6) is 3.86. The standard InChI is InChI=1S/C21H24F2O/c1-3-5-6-14-21(24-4-2)15-12-17(13-16-21)10-11-18-8-7-9-19(22)20(18)23/h7-9,12-13,15H,3-6,14,16H2,1-2H3. The topological polar surface area (TPSA) is 9.23 Å². The van der Waals surface area contributed by atoms with Crippen LogP contribution in [0.4, 0.5) is 8.78 Å². The van der Waals surface area contributed by atoms with Crippen LogP contribution in [0.1, 0.15) is 51.5 Å². The van der Waals surface area contributed by atoms with Crippen molar-refractivity contribution in [2.75, 3.05) is 6.61 Å². The molecule has 2 rings (SSSR count). The Kier molecular flexibility index (Phi) is 6.75. The van der Waals surface area contributed by atoms with Crippen molar-refractivity contribution >= 4 is 0 Å². The van der Waals surface area contributed by atoms with Crippen LogP contribution in [-0.2, 0) is 4.74 Å². The van der Waals surface area contributed by atoms with E-state index in [1.165, 1.54) is 25.0 Å². The molecule has 1 unspecified atom stereocenters. The highest BCUT2D eigenvalue weighted by Crippen LogP contribution is 2.30. The Bertz CT molecular complexity index is 679. The lowest BCUT2D eigenvalue weighted by Crippen LogP contribution is -2.31. The Hall–Kier alpha value is -1.92. The minimum absolute atomic E-state index is 0.0777. The van der Waals surface area contributed by atoms with Crippen LogP contribution in [0.3, 0.4) is 0 Å². The maximum atomic E-state index is 13.6. The van der Waals surface area contributed by atoms with Gasteiger partial charge in [0.25, 0.3) is 0 Å². The first-order valence-electron chi connectivity index (χ1n) is 8.59. The number of allylic oxidation sites excluding steroid dienone is 2. The monoisotopic (exact) mass is 330 g/mol. The van der Waals surface area contributed by atoms with Crippen LogP contribution in [0, 0.1) is 23.5 Å². The van der Waals surface area contributed by atoms with Crippen LogP contribution in [-0.4, -0.2) is 12.2 Å². The van der Waals surface area contributed by atoms with Crippen LogP contribution in [0.5, 0.6) is 0 Å². The van der Waals surface area contributed by atoms with Crippen molar-refractivity contribution in [2.45, 2.75) is 51.6 Å². The lowest BCUT2D eigenvalue weighted by molar-refractivity contribution is -0.00757. The van der Waals surface area contributed by atoms with E-state index in [1.54, 1.807) is 0 Å². The van der Waals surface area contributed by atoms with Gasteiger partial charge in [-0.2, -0.15) is 0 Å². The summed E-state index contributed by atoms with van der Waals surface area (Å²) < 4.78 is 32.8. The molecule has 0 heterocycles. The molecule has 0 spiro atoms. The van der Waals surface area contributed by atoms with Gasteiger partial charge in [0.05, 0.1) is 11.2 Å². The number of unbranched alkanes of at least 4 members (excludes halogenated alkanes) is 2. The Morgan fingerprint density at radius 2 is 2.00 bits per heavy atom. The number of hydrogen-bond acceptors (Lipinski definition) is 1. The van der Waals surface area contributed by atoms with Crippen LogP contribution in [0.2, 0.25) is 0 Å². The summed E-state index contributed by atoms with van der Waals surface area (Å²) >= 11 is 0. The molecule has 0 bridgehead atoms. The van der Waals surface area contributed by atoms with E-state index in [-0.39, 0.29) is 11.2 Å². The average molecular weight is 330 g/mol. The minimum atomic E-state index is -0.895. The summed E-state index contributed by atoms with van der Waals surface area (Å²) in [5, 5.41) is 0. The van der Waals surface area contributed by atoms with Gasteiger partial charge in [-0.15, -0.1) is 0 Å². The fourth-order valence-electron chi connectivity index (χ4n) is 2.82. The molecule has 1 nitrogen and oxygen atoms in total. The highest BCUT2D eigenvalue weighted by atomic mass is 19.2. The molecule has 0 saturated heterocycles. The molecule has 24 heavy (non-hydrogen) atoms. The predicted molar refractivity (Wildman–Crippen MR) is 93.6 cm³/mol. The van der Waals surface area contributed by atoms with Gasteiger partial charge in [0.15, 0.2) is 11.6 Å². The normalized spacial score (nSPS) is 19.6. The fourth-order valence-corrected chi connectivity index (χ4v) is 2.82. The summed E-state index contributed by atoms with van der Waals surface area (Å²) in [6.45, 7) is 4.85. The summed E-state index contributed by atoms with van der Waals surface area (Å²) in [4.78, 5) is 0. The van der Waals surface area contributed by atoms with Gasteiger partial charge in [-0.1, -0.05) is 56.2 Å². The van der Waals surface area contributed by atoms with Crippen LogP contribution in [0.25, 0.3) is 0 Å². The molecule has 0 aromatic heterocycles. The zero-order chi connectivity index (χ0) is 17.4. The number of ether oxygens (including phenoxy) is 1. The summed E-state index contributed by atoms with van der Waals surface area (Å²) in [7, 11) is 0. The largest absolute Gasteiger partial charge is 0.371 e. The van der Waals surface area contributed by atoms with E-state index in [0.717, 1.165) is 30.9 Å². The number of rotatable bonds is 6. The highest BCUT2D eigenvalue weighted by molar-refractivity contribution is 5.47. The molecule has 1 aliphatic carbocycles. The van der Waals surface area contributed by atoms with Crippen LogP contribution in [0.15, 0.2) is 42.0 Å². The molecule has 1 aliphatic rings. The Balaban J connectivity index is 2.08. The first-order valence-corrected chi connectivity index (χ1v) is 8.59. The van der Waals surface area contributed by atoms with Crippen LogP contribution < -0.4 is 0 Å². The van der Waals surface area contributed by atoms with Gasteiger partial charge in [-0.25, -0.2) is 8.78 Å². The third-order valence-electron chi connectivity index (χ3n) is 4.16. The first kappa shape index (κ1) is 18.4. The molecule has 0 saturated carbocycles. The zero-order valence-corrected chi connectivity index (χ0v) is 14.4. The van der Waals surface area contributed by atoms with E-state index in [0.29, 0.717) is 6.61 Å². The molecule has 0 amide bonds. The Morgan fingerprint density at radius 1 is 1.17 bits per heavy atom. The van der Waals surface area contributed by atoms with Gasteiger partial charge >= 0.3 is 0 Å². The molecule has 0 N–H and O–H groups in total. The number of hydrogen-bond donors (Lipinski definition) is 0. The van der Waals surface area contributed by atoms with Crippen molar-refractivity contribution in [3.05, 3.63) is 59.2 Å². The van der Waals surface area contributed by atoms with E-state index >= 15 is 0 Å². The lowest BCUT2D eigenvalue weighted by Gasteiger charge is -2.32. The quantitative estimate of drug-likeness (QED) is 0.490. The Morgan fingerprint density at radius 3 is 2.67 bits per heavy atom. The fraction of sp³-hybridized carbons (Fsp3) is 0.429. The molecule has 0 radical (unpaired) electrons. The van der Waals surface area contributed by atoms with Crippen molar-refractivity contribution in [1.29, 1.82) is 0 Å². The molecule has 1 aromatic rings. The van der Waals surface area contributed by atoms with Gasteiger partial charge in [0.2, 0.25) is 0 Å². The molecule has 1 aromatic carbocycles. The summed E-state index contributed by atoms with van der Waals surface area (Å²) in [5.41, 5.74) is 0.637. The van der Waals surface area contributed by atoms with E-state index in [4.69, 9.17) is 4.74 Å². The third-order valence-corrected chi connectivity index (χ3v) is 4.16. The van der Waals surface area contributed by atoms with E-state index < -0.39 is 11.6 Å². The summed E-state index contributed by atoms with van der Waals surface area (Å²) in [6.07, 6.45) is 11.3. The van der Waals surface area contributed by atoms with E-state index in [2.05, 4.69) is 24.8 Å². The van der Waals surface area contributed by atoms with Crippen molar-refractivity contribution in [2.24, 2.45) is 0 Å². The molecule has 1 atom stereocenters. The SMILES string of the molecule is CCCCCC1(OCC)C=CC(C#Cc2cccc(F)c2F)=CC1. The maximum Gasteiger partial charge on any atom is 0.174 e. The second-order valence-corrected chi connectivity index (χ2v) is 6.00. The van der Waals surface area contributed by atoms with E-state index in [1.807, 2.05) is 19.1 Å². The third kappa shape index (κ3) is 4.79. The molecule has 0 aliphatic heterocycles. The van der Waals surface area contributed by atoms with Crippen molar-refractivity contribution in [1.82, 2.24) is 0 Å². The van der Waals surface area contributed by atoms with Gasteiger partial charge in [-0.05, 0) is 38.0 Å². The van der Waals surface area contributed by atoms with Gasteiger partial charge in [-0.3, -0.25) is 0 Å². The number of benzene rings is 1. The zero-order valence-electron chi connectivity index (χ0n) is 14.4. The smallest absolute Gasteiger partial charge is 0.174 e. The molecule has 3 heteroatoms. The first-order chi connectivity index (χ1) is 11.6. The minimum Gasteiger partial charge on any atom is -0.371 e. The maximum absolute atomic E-state index is 13.6. The van der Waals surface area contributed by atoms with Crippen LogP contribution >= 0.6 is 0 Å². The van der Waals surface area contributed by atoms with Crippen molar-refractivity contribution in [3.63, 3.8) is 0 Å². The van der Waals surface area contributed by atoms with Crippen molar-refractivity contribution in [3.8, 4) is 11.8 Å². The van der Waals surface area contributed by atoms with Gasteiger partial charge in [0.1, 0.15) is 0 Å². The lowest BCUT2D eigenvalue weighted by atomic mass is 9.87. The molecular weight excluding hydrogens is 306 g/mol. The van der Waals surface area contributed by atoms with E-state index in [9.17, 15) is 8.78 Å². The van der Waals surface area contributed by atoms with Gasteiger partial charge in [0, 0.05) is 12.2 Å². The highest BCUT2D eigenvalue weighted by Gasteiger charge is 2.27. The van der Waals surface area contributed by atoms with Gasteiger partial charge < -0.3 is 4.74 Å².